The van der Waals surface area contributed by atoms with Gasteiger partial charge in [-0.1, -0.05) is 24.6 Å². The Kier molecular flexibility index (Phi) is 3.77. The van der Waals surface area contributed by atoms with E-state index < -0.39 is 0 Å². The third kappa shape index (κ3) is 3.24. The van der Waals surface area contributed by atoms with Gasteiger partial charge in [0.25, 0.3) is 0 Å². The van der Waals surface area contributed by atoms with E-state index in [1.807, 2.05) is 30.3 Å². The topological polar surface area (TPSA) is 53.6 Å². The molecular weight excluding hydrogens is 200 g/mol. The fourth-order valence-corrected chi connectivity index (χ4v) is 1.83. The molecule has 0 atom stereocenters. The van der Waals surface area contributed by atoms with Crippen LogP contribution in [-0.4, -0.2) is 24.1 Å². The van der Waals surface area contributed by atoms with Crippen LogP contribution in [0.2, 0.25) is 0 Å². The highest BCUT2D eigenvalue weighted by Gasteiger charge is 2.09. The summed E-state index contributed by atoms with van der Waals surface area (Å²) in [5.41, 5.74) is 9.84. The minimum atomic E-state index is 0.466. The van der Waals surface area contributed by atoms with Crippen molar-refractivity contribution >= 4 is 11.6 Å². The summed E-state index contributed by atoms with van der Waals surface area (Å²) in [6, 6.07) is 9.74. The number of guanidine groups is 1. The van der Waals surface area contributed by atoms with Crippen molar-refractivity contribution in [3.05, 3.63) is 30.3 Å². The van der Waals surface area contributed by atoms with Gasteiger partial charge >= 0.3 is 0 Å². The Labute approximate surface area is 96.1 Å². The number of para-hydroxylation sites is 1. The molecule has 16 heavy (non-hydrogen) atoms. The molecule has 1 aromatic rings. The molecule has 0 amide bonds. The lowest BCUT2D eigenvalue weighted by molar-refractivity contribution is 0.193. The second-order valence-corrected chi connectivity index (χ2v) is 3.99. The lowest BCUT2D eigenvalue weighted by Crippen LogP contribution is -2.48. The first-order valence-electron chi connectivity index (χ1n) is 5.75. The van der Waals surface area contributed by atoms with Crippen molar-refractivity contribution in [3.63, 3.8) is 0 Å². The highest BCUT2D eigenvalue weighted by atomic mass is 15.5. The van der Waals surface area contributed by atoms with E-state index in [1.54, 1.807) is 0 Å². The van der Waals surface area contributed by atoms with Crippen LogP contribution in [0.25, 0.3) is 0 Å². The van der Waals surface area contributed by atoms with Gasteiger partial charge in [0, 0.05) is 13.1 Å². The molecule has 0 saturated carbocycles. The zero-order valence-electron chi connectivity index (χ0n) is 9.39. The van der Waals surface area contributed by atoms with Gasteiger partial charge in [-0.05, 0) is 25.0 Å². The molecule has 0 bridgehead atoms. The van der Waals surface area contributed by atoms with Gasteiger partial charge in [-0.25, -0.2) is 10.0 Å². The molecule has 2 rings (SSSR count). The molecule has 4 heteroatoms. The van der Waals surface area contributed by atoms with Crippen molar-refractivity contribution < 1.29 is 0 Å². The molecule has 1 fully saturated rings. The second-order valence-electron chi connectivity index (χ2n) is 3.99. The molecule has 0 radical (unpaired) electrons. The van der Waals surface area contributed by atoms with E-state index in [4.69, 9.17) is 5.73 Å². The normalized spacial score (nSPS) is 18.4. The summed E-state index contributed by atoms with van der Waals surface area (Å²) in [6.07, 6.45) is 3.77. The summed E-state index contributed by atoms with van der Waals surface area (Å²) < 4.78 is 0. The van der Waals surface area contributed by atoms with E-state index in [9.17, 15) is 0 Å². The number of rotatable bonds is 2. The summed E-state index contributed by atoms with van der Waals surface area (Å²) >= 11 is 0. The molecular formula is C12H18N4. The van der Waals surface area contributed by atoms with E-state index in [-0.39, 0.29) is 0 Å². The molecule has 86 valence electrons. The van der Waals surface area contributed by atoms with Crippen molar-refractivity contribution in [1.82, 2.24) is 10.4 Å². The summed E-state index contributed by atoms with van der Waals surface area (Å²) in [6.45, 7) is 2.09. The average molecular weight is 218 g/mol. The first kappa shape index (κ1) is 11.0. The summed E-state index contributed by atoms with van der Waals surface area (Å²) in [4.78, 5) is 4.29. The fourth-order valence-electron chi connectivity index (χ4n) is 1.83. The van der Waals surface area contributed by atoms with Crippen LogP contribution in [0.4, 0.5) is 5.69 Å². The van der Waals surface area contributed by atoms with Crippen LogP contribution in [0.3, 0.4) is 0 Å². The molecule has 4 nitrogen and oxygen atoms in total. The third-order valence-electron chi connectivity index (χ3n) is 2.63. The Morgan fingerprint density at radius 1 is 1.12 bits per heavy atom. The number of hydrogen-bond donors (Lipinski definition) is 2. The van der Waals surface area contributed by atoms with Gasteiger partial charge in [-0.3, -0.25) is 5.43 Å². The van der Waals surface area contributed by atoms with Crippen LogP contribution >= 0.6 is 0 Å². The zero-order valence-corrected chi connectivity index (χ0v) is 9.39. The quantitative estimate of drug-likeness (QED) is 0.586. The SMILES string of the molecule is NC(=Nc1ccccc1)NN1CCCCC1. The number of piperidine rings is 1. The molecule has 3 N–H and O–H groups in total. The predicted octanol–water partition coefficient (Wildman–Crippen LogP) is 1.62. The van der Waals surface area contributed by atoms with Crippen LogP contribution in [-0.2, 0) is 0 Å². The van der Waals surface area contributed by atoms with E-state index >= 15 is 0 Å². The Morgan fingerprint density at radius 2 is 1.81 bits per heavy atom. The van der Waals surface area contributed by atoms with Gasteiger partial charge in [-0.15, -0.1) is 0 Å². The number of nitrogens with two attached hydrogens (primary N) is 1. The van der Waals surface area contributed by atoms with Gasteiger partial charge in [0.15, 0.2) is 0 Å². The molecule has 0 aliphatic carbocycles. The average Bonchev–Trinajstić information content (AvgIpc) is 2.31. The van der Waals surface area contributed by atoms with Gasteiger partial charge in [0.05, 0.1) is 5.69 Å². The summed E-state index contributed by atoms with van der Waals surface area (Å²) in [5, 5.41) is 2.13. The van der Waals surface area contributed by atoms with E-state index in [0.717, 1.165) is 18.8 Å². The maximum absolute atomic E-state index is 5.83. The first-order valence-corrected chi connectivity index (χ1v) is 5.75. The molecule has 1 aliphatic heterocycles. The van der Waals surface area contributed by atoms with E-state index in [0.29, 0.717) is 5.96 Å². The molecule has 1 saturated heterocycles. The van der Waals surface area contributed by atoms with Crippen LogP contribution < -0.4 is 11.2 Å². The van der Waals surface area contributed by atoms with Gasteiger partial charge in [0.2, 0.25) is 5.96 Å². The molecule has 0 unspecified atom stereocenters. The van der Waals surface area contributed by atoms with Gasteiger partial charge in [0.1, 0.15) is 0 Å². The molecule has 1 heterocycles. The Bertz CT molecular complexity index is 341. The highest BCUT2D eigenvalue weighted by molar-refractivity contribution is 5.80. The number of aliphatic imine (C=N–C) groups is 1. The lowest BCUT2D eigenvalue weighted by atomic mass is 10.2. The number of nitrogens with zero attached hydrogens (tertiary/aromatic N) is 2. The van der Waals surface area contributed by atoms with Crippen molar-refractivity contribution in [2.45, 2.75) is 19.3 Å². The minimum absolute atomic E-state index is 0.466. The highest BCUT2D eigenvalue weighted by Crippen LogP contribution is 2.09. The lowest BCUT2D eigenvalue weighted by Gasteiger charge is -2.27. The largest absolute Gasteiger partial charge is 0.369 e. The molecule has 1 aromatic carbocycles. The van der Waals surface area contributed by atoms with Crippen molar-refractivity contribution in [3.8, 4) is 0 Å². The van der Waals surface area contributed by atoms with Crippen LogP contribution in [0, 0.1) is 0 Å². The third-order valence-corrected chi connectivity index (χ3v) is 2.63. The number of benzene rings is 1. The number of hydrogen-bond acceptors (Lipinski definition) is 2. The molecule has 0 spiro atoms. The summed E-state index contributed by atoms with van der Waals surface area (Å²) in [5.74, 6) is 0.466. The number of hydrazine groups is 1. The van der Waals surface area contributed by atoms with Crippen molar-refractivity contribution in [2.75, 3.05) is 13.1 Å². The smallest absolute Gasteiger partial charge is 0.208 e. The van der Waals surface area contributed by atoms with Gasteiger partial charge in [-0.2, -0.15) is 0 Å². The monoisotopic (exact) mass is 218 g/mol. The second kappa shape index (κ2) is 5.51. The van der Waals surface area contributed by atoms with E-state index in [2.05, 4.69) is 15.4 Å². The predicted molar refractivity (Wildman–Crippen MR) is 66.3 cm³/mol. The first-order chi connectivity index (χ1) is 7.84. The molecule has 1 aliphatic rings. The fraction of sp³-hybridized carbons (Fsp3) is 0.417. The standard InChI is InChI=1S/C12H18N4/c13-12(14-11-7-3-1-4-8-11)15-16-9-5-2-6-10-16/h1,3-4,7-8H,2,5-6,9-10H2,(H3,13,14,15). The maximum atomic E-state index is 5.83. The van der Waals surface area contributed by atoms with Crippen LogP contribution in [0.5, 0.6) is 0 Å². The minimum Gasteiger partial charge on any atom is -0.369 e. The maximum Gasteiger partial charge on any atom is 0.208 e. The van der Waals surface area contributed by atoms with E-state index in [1.165, 1.54) is 19.3 Å². The van der Waals surface area contributed by atoms with Gasteiger partial charge < -0.3 is 5.73 Å². The number of nitrogens with one attached hydrogen (secondary N) is 1. The summed E-state index contributed by atoms with van der Waals surface area (Å²) in [7, 11) is 0. The van der Waals surface area contributed by atoms with Crippen molar-refractivity contribution in [1.29, 1.82) is 0 Å². The zero-order chi connectivity index (χ0) is 11.2. The Balaban J connectivity index is 1.91. The Hall–Kier alpha value is -1.55. The Morgan fingerprint density at radius 3 is 2.50 bits per heavy atom. The van der Waals surface area contributed by atoms with Crippen LogP contribution in [0.15, 0.2) is 35.3 Å². The van der Waals surface area contributed by atoms with Crippen LogP contribution in [0.1, 0.15) is 19.3 Å². The molecule has 0 aromatic heterocycles. The van der Waals surface area contributed by atoms with Crippen molar-refractivity contribution in [2.24, 2.45) is 10.7 Å².